The van der Waals surface area contributed by atoms with Crippen molar-refractivity contribution in [3.05, 3.63) is 0 Å². The average molecular weight is 182 g/mol. The molecule has 0 radical (unpaired) electrons. The van der Waals surface area contributed by atoms with Crippen LogP contribution in [0.2, 0.25) is 0 Å². The lowest BCUT2D eigenvalue weighted by atomic mass is 10.0. The van der Waals surface area contributed by atoms with E-state index < -0.39 is 0 Å². The highest BCUT2D eigenvalue weighted by Gasteiger charge is 2.37. The summed E-state index contributed by atoms with van der Waals surface area (Å²) >= 11 is 0. The molecule has 0 aromatic rings. The van der Waals surface area contributed by atoms with Crippen molar-refractivity contribution in [1.82, 2.24) is 10.2 Å². The normalized spacial score (nSPS) is 36.5. The molecular formula is C11H22N2. The Morgan fingerprint density at radius 2 is 1.92 bits per heavy atom. The Morgan fingerprint density at radius 1 is 1.31 bits per heavy atom. The van der Waals surface area contributed by atoms with Crippen LogP contribution in [0.4, 0.5) is 0 Å². The van der Waals surface area contributed by atoms with Crippen LogP contribution < -0.4 is 5.32 Å². The lowest BCUT2D eigenvalue weighted by Gasteiger charge is -2.24. The van der Waals surface area contributed by atoms with Crippen molar-refractivity contribution in [2.45, 2.75) is 32.7 Å². The Bertz CT molecular complexity index is 157. The van der Waals surface area contributed by atoms with Gasteiger partial charge < -0.3 is 5.32 Å². The third kappa shape index (κ3) is 1.89. The summed E-state index contributed by atoms with van der Waals surface area (Å²) in [6.45, 7) is 9.89. The highest BCUT2D eigenvalue weighted by Crippen LogP contribution is 2.28. The number of hydrogen-bond acceptors (Lipinski definition) is 2. The van der Waals surface area contributed by atoms with Crippen LogP contribution >= 0.6 is 0 Å². The minimum Gasteiger partial charge on any atom is -0.316 e. The van der Waals surface area contributed by atoms with E-state index in [4.69, 9.17) is 0 Å². The van der Waals surface area contributed by atoms with Gasteiger partial charge in [0.25, 0.3) is 0 Å². The minimum atomic E-state index is 0.815. The zero-order valence-electron chi connectivity index (χ0n) is 8.92. The molecular weight excluding hydrogens is 160 g/mol. The first-order valence-corrected chi connectivity index (χ1v) is 5.76. The second-order valence-corrected chi connectivity index (χ2v) is 4.77. The van der Waals surface area contributed by atoms with Crippen molar-refractivity contribution in [2.24, 2.45) is 11.8 Å². The fourth-order valence-corrected chi connectivity index (χ4v) is 2.85. The summed E-state index contributed by atoms with van der Waals surface area (Å²) < 4.78 is 0. The van der Waals surface area contributed by atoms with E-state index in [-0.39, 0.29) is 0 Å². The molecule has 2 saturated heterocycles. The second kappa shape index (κ2) is 3.97. The summed E-state index contributed by atoms with van der Waals surface area (Å²) in [7, 11) is 0. The standard InChI is InChI=1S/C11H22N2/c1-3-4-9(2)13-7-10-5-12-6-11(10)8-13/h9-12H,3-8H2,1-2H3/t9?,10-,11+. The number of nitrogens with zero attached hydrogens (tertiary/aromatic N) is 1. The fourth-order valence-electron chi connectivity index (χ4n) is 2.85. The van der Waals surface area contributed by atoms with Crippen LogP contribution in [0, 0.1) is 11.8 Å². The molecule has 0 aromatic heterocycles. The van der Waals surface area contributed by atoms with Crippen LogP contribution in [0.15, 0.2) is 0 Å². The summed E-state index contributed by atoms with van der Waals surface area (Å²) in [6.07, 6.45) is 2.69. The summed E-state index contributed by atoms with van der Waals surface area (Å²) in [5, 5.41) is 3.49. The molecule has 0 aromatic carbocycles. The van der Waals surface area contributed by atoms with Crippen LogP contribution in [0.1, 0.15) is 26.7 Å². The fraction of sp³-hybridized carbons (Fsp3) is 1.00. The Balaban J connectivity index is 1.84. The van der Waals surface area contributed by atoms with E-state index in [2.05, 4.69) is 24.1 Å². The average Bonchev–Trinajstić information content (AvgIpc) is 2.61. The molecule has 2 fully saturated rings. The van der Waals surface area contributed by atoms with E-state index in [1.807, 2.05) is 0 Å². The van der Waals surface area contributed by atoms with Gasteiger partial charge >= 0.3 is 0 Å². The van der Waals surface area contributed by atoms with Gasteiger partial charge in [-0.15, -0.1) is 0 Å². The van der Waals surface area contributed by atoms with Crippen LogP contribution in [0.3, 0.4) is 0 Å². The number of likely N-dealkylation sites (tertiary alicyclic amines) is 1. The molecule has 0 saturated carbocycles. The van der Waals surface area contributed by atoms with Gasteiger partial charge in [0.2, 0.25) is 0 Å². The molecule has 0 amide bonds. The number of nitrogens with one attached hydrogen (secondary N) is 1. The topological polar surface area (TPSA) is 15.3 Å². The van der Waals surface area contributed by atoms with Crippen LogP contribution in [-0.2, 0) is 0 Å². The van der Waals surface area contributed by atoms with Gasteiger partial charge in [0.1, 0.15) is 0 Å². The monoisotopic (exact) mass is 182 g/mol. The Labute approximate surface area is 81.7 Å². The van der Waals surface area contributed by atoms with Crippen molar-refractivity contribution in [2.75, 3.05) is 26.2 Å². The lowest BCUT2D eigenvalue weighted by Crippen LogP contribution is -2.33. The smallest absolute Gasteiger partial charge is 0.00670 e. The number of hydrogen-bond donors (Lipinski definition) is 1. The zero-order chi connectivity index (χ0) is 9.26. The summed E-state index contributed by atoms with van der Waals surface area (Å²) in [5.41, 5.74) is 0. The maximum atomic E-state index is 3.49. The maximum absolute atomic E-state index is 3.49. The van der Waals surface area contributed by atoms with Crippen molar-refractivity contribution in [3.63, 3.8) is 0 Å². The SMILES string of the molecule is CCCC(C)N1C[C@H]2CNC[C@H]2C1. The van der Waals surface area contributed by atoms with Gasteiger partial charge in [0.05, 0.1) is 0 Å². The van der Waals surface area contributed by atoms with Crippen LogP contribution in [-0.4, -0.2) is 37.1 Å². The molecule has 2 heteroatoms. The largest absolute Gasteiger partial charge is 0.316 e. The van der Waals surface area contributed by atoms with E-state index in [1.54, 1.807) is 0 Å². The van der Waals surface area contributed by atoms with Crippen molar-refractivity contribution in [1.29, 1.82) is 0 Å². The number of rotatable bonds is 3. The molecule has 1 unspecified atom stereocenters. The minimum absolute atomic E-state index is 0.815. The van der Waals surface area contributed by atoms with Crippen molar-refractivity contribution < 1.29 is 0 Å². The summed E-state index contributed by atoms with van der Waals surface area (Å²) in [6, 6.07) is 0.815. The van der Waals surface area contributed by atoms with E-state index >= 15 is 0 Å². The summed E-state index contributed by atoms with van der Waals surface area (Å²) in [4.78, 5) is 2.69. The maximum Gasteiger partial charge on any atom is 0.00670 e. The third-order valence-electron chi connectivity index (χ3n) is 3.75. The first kappa shape index (κ1) is 9.47. The Hall–Kier alpha value is -0.0800. The van der Waals surface area contributed by atoms with Gasteiger partial charge in [0, 0.05) is 19.1 Å². The first-order chi connectivity index (χ1) is 6.31. The van der Waals surface area contributed by atoms with E-state index in [1.165, 1.54) is 39.0 Å². The predicted octanol–water partition coefficient (Wildman–Crippen LogP) is 1.33. The van der Waals surface area contributed by atoms with Crippen LogP contribution in [0.5, 0.6) is 0 Å². The quantitative estimate of drug-likeness (QED) is 0.708. The van der Waals surface area contributed by atoms with Gasteiger partial charge in [-0.1, -0.05) is 13.3 Å². The molecule has 0 spiro atoms. The van der Waals surface area contributed by atoms with E-state index in [9.17, 15) is 0 Å². The van der Waals surface area contributed by atoms with E-state index in [0.29, 0.717) is 0 Å². The summed E-state index contributed by atoms with van der Waals surface area (Å²) in [5.74, 6) is 1.92. The molecule has 2 nitrogen and oxygen atoms in total. The molecule has 13 heavy (non-hydrogen) atoms. The van der Waals surface area contributed by atoms with Gasteiger partial charge in [0.15, 0.2) is 0 Å². The molecule has 0 bridgehead atoms. The zero-order valence-corrected chi connectivity index (χ0v) is 8.92. The van der Waals surface area contributed by atoms with Gasteiger partial charge in [-0.05, 0) is 38.3 Å². The molecule has 2 rings (SSSR count). The first-order valence-electron chi connectivity index (χ1n) is 5.76. The predicted molar refractivity (Wildman–Crippen MR) is 55.8 cm³/mol. The van der Waals surface area contributed by atoms with Crippen molar-refractivity contribution >= 4 is 0 Å². The van der Waals surface area contributed by atoms with Gasteiger partial charge in [-0.2, -0.15) is 0 Å². The highest BCUT2D eigenvalue weighted by atomic mass is 15.2. The van der Waals surface area contributed by atoms with E-state index in [0.717, 1.165) is 17.9 Å². The lowest BCUT2D eigenvalue weighted by molar-refractivity contribution is 0.229. The molecule has 1 N–H and O–H groups in total. The van der Waals surface area contributed by atoms with Gasteiger partial charge in [-0.25, -0.2) is 0 Å². The Kier molecular flexibility index (Phi) is 2.89. The molecule has 2 aliphatic heterocycles. The van der Waals surface area contributed by atoms with Crippen LogP contribution in [0.25, 0.3) is 0 Å². The third-order valence-corrected chi connectivity index (χ3v) is 3.75. The Morgan fingerprint density at radius 3 is 2.46 bits per heavy atom. The highest BCUT2D eigenvalue weighted by molar-refractivity contribution is 4.92. The molecule has 0 aliphatic carbocycles. The van der Waals surface area contributed by atoms with Crippen molar-refractivity contribution in [3.8, 4) is 0 Å². The molecule has 2 aliphatic rings. The van der Waals surface area contributed by atoms with Gasteiger partial charge in [-0.3, -0.25) is 4.90 Å². The number of fused-ring (bicyclic) bond motifs is 1. The second-order valence-electron chi connectivity index (χ2n) is 4.77. The molecule has 3 atom stereocenters. The molecule has 2 heterocycles. The molecule has 76 valence electrons.